The lowest BCUT2D eigenvalue weighted by Crippen LogP contribution is -2.41. The molecule has 0 unspecified atom stereocenters. The van der Waals surface area contributed by atoms with Crippen LogP contribution in [0.2, 0.25) is 0 Å². The average molecular weight is 321 g/mol. The lowest BCUT2D eigenvalue weighted by molar-refractivity contribution is -0.119. The van der Waals surface area contributed by atoms with Crippen molar-refractivity contribution in [3.63, 3.8) is 0 Å². The zero-order chi connectivity index (χ0) is 16.2. The van der Waals surface area contributed by atoms with Crippen LogP contribution in [0.5, 0.6) is 0 Å². The van der Waals surface area contributed by atoms with Gasteiger partial charge >= 0.3 is 0 Å². The lowest BCUT2D eigenvalue weighted by atomic mass is 9.87. The largest absolute Gasteiger partial charge is 0.353 e. The first-order valence-corrected chi connectivity index (χ1v) is 9.11. The summed E-state index contributed by atoms with van der Waals surface area (Å²) in [7, 11) is 0. The monoisotopic (exact) mass is 320 g/mol. The molecule has 1 saturated carbocycles. The molecule has 1 aromatic carbocycles. The van der Waals surface area contributed by atoms with E-state index in [2.05, 4.69) is 50.4 Å². The minimum atomic E-state index is 0.130. The summed E-state index contributed by atoms with van der Waals surface area (Å²) >= 11 is 1.60. The van der Waals surface area contributed by atoms with Gasteiger partial charge in [-0.2, -0.15) is 0 Å². The Morgan fingerprint density at radius 2 is 1.77 bits per heavy atom. The van der Waals surface area contributed by atoms with E-state index in [4.69, 9.17) is 5.73 Å². The Labute approximate surface area is 138 Å². The molecule has 122 valence electrons. The quantitative estimate of drug-likeness (QED) is 0.835. The fourth-order valence-electron chi connectivity index (χ4n) is 2.73. The van der Waals surface area contributed by atoms with Gasteiger partial charge in [-0.05, 0) is 48.8 Å². The molecule has 0 aromatic heterocycles. The Hall–Kier alpha value is -1.00. The number of rotatable bonds is 4. The van der Waals surface area contributed by atoms with Crippen molar-refractivity contribution in [2.24, 2.45) is 5.73 Å². The van der Waals surface area contributed by atoms with Gasteiger partial charge in [-0.25, -0.2) is 0 Å². The zero-order valence-corrected chi connectivity index (χ0v) is 14.7. The first-order valence-electron chi connectivity index (χ1n) is 8.13. The maximum absolute atomic E-state index is 12.0. The number of hydrogen-bond acceptors (Lipinski definition) is 3. The summed E-state index contributed by atoms with van der Waals surface area (Å²) in [6, 6.07) is 9.17. The van der Waals surface area contributed by atoms with Gasteiger partial charge in [0.15, 0.2) is 0 Å². The van der Waals surface area contributed by atoms with Crippen molar-refractivity contribution in [3.05, 3.63) is 29.8 Å². The van der Waals surface area contributed by atoms with Crippen LogP contribution in [0, 0.1) is 0 Å². The minimum Gasteiger partial charge on any atom is -0.353 e. The molecule has 22 heavy (non-hydrogen) atoms. The molecule has 0 bridgehead atoms. The molecule has 4 heteroatoms. The van der Waals surface area contributed by atoms with E-state index in [1.165, 1.54) is 5.56 Å². The normalized spacial score (nSPS) is 22.4. The third-order valence-electron chi connectivity index (χ3n) is 4.23. The van der Waals surface area contributed by atoms with Crippen molar-refractivity contribution >= 4 is 17.7 Å². The zero-order valence-electron chi connectivity index (χ0n) is 13.9. The molecule has 1 aliphatic carbocycles. The number of carbonyl (C=O) groups excluding carboxylic acids is 1. The van der Waals surface area contributed by atoms with Crippen molar-refractivity contribution in [1.29, 1.82) is 0 Å². The van der Waals surface area contributed by atoms with Gasteiger partial charge in [-0.3, -0.25) is 4.79 Å². The molecular weight excluding hydrogens is 292 g/mol. The third kappa shape index (κ3) is 5.33. The predicted octanol–water partition coefficient (Wildman–Crippen LogP) is 3.46. The molecular formula is C18H28N2OS. The molecule has 1 amide bonds. The summed E-state index contributed by atoms with van der Waals surface area (Å²) in [5, 5.41) is 3.13. The molecule has 2 rings (SSSR count). The van der Waals surface area contributed by atoms with Crippen molar-refractivity contribution in [2.45, 2.75) is 68.8 Å². The van der Waals surface area contributed by atoms with Gasteiger partial charge in [0.2, 0.25) is 5.91 Å². The van der Waals surface area contributed by atoms with Crippen LogP contribution in [0.4, 0.5) is 0 Å². The molecule has 0 radical (unpaired) electrons. The van der Waals surface area contributed by atoms with E-state index in [0.717, 1.165) is 30.6 Å². The third-order valence-corrected chi connectivity index (χ3v) is 5.24. The standard InChI is InChI=1S/C18H28N2OS/c1-18(2,3)13-4-10-16(11-5-13)22-12-17(21)20-15-8-6-14(19)7-9-15/h4-5,10-11,14-15H,6-9,12,19H2,1-3H3,(H,20,21). The molecule has 3 N–H and O–H groups in total. The van der Waals surface area contributed by atoms with Crippen LogP contribution in [0.1, 0.15) is 52.0 Å². The van der Waals surface area contributed by atoms with Crippen LogP contribution in [0.15, 0.2) is 29.2 Å². The van der Waals surface area contributed by atoms with E-state index >= 15 is 0 Å². The van der Waals surface area contributed by atoms with Crippen molar-refractivity contribution in [1.82, 2.24) is 5.32 Å². The molecule has 0 atom stereocenters. The van der Waals surface area contributed by atoms with E-state index in [-0.39, 0.29) is 11.3 Å². The second-order valence-corrected chi connectivity index (χ2v) is 8.29. The van der Waals surface area contributed by atoms with Gasteiger partial charge in [0.25, 0.3) is 0 Å². The molecule has 1 fully saturated rings. The number of nitrogens with one attached hydrogen (secondary N) is 1. The fraction of sp³-hybridized carbons (Fsp3) is 0.611. The predicted molar refractivity (Wildman–Crippen MR) is 94.2 cm³/mol. The molecule has 0 saturated heterocycles. The molecule has 0 aliphatic heterocycles. The molecule has 0 heterocycles. The first kappa shape index (κ1) is 17.4. The van der Waals surface area contributed by atoms with Crippen LogP contribution >= 0.6 is 11.8 Å². The Morgan fingerprint density at radius 3 is 2.32 bits per heavy atom. The van der Waals surface area contributed by atoms with Crippen LogP contribution < -0.4 is 11.1 Å². The number of amides is 1. The fourth-order valence-corrected chi connectivity index (χ4v) is 3.44. The van der Waals surface area contributed by atoms with Crippen LogP contribution in [0.3, 0.4) is 0 Å². The number of nitrogens with two attached hydrogens (primary N) is 1. The van der Waals surface area contributed by atoms with Gasteiger partial charge < -0.3 is 11.1 Å². The summed E-state index contributed by atoms with van der Waals surface area (Å²) in [6.45, 7) is 6.62. The molecule has 3 nitrogen and oxygen atoms in total. The van der Waals surface area contributed by atoms with Gasteiger partial charge in [0.1, 0.15) is 0 Å². The highest BCUT2D eigenvalue weighted by Gasteiger charge is 2.20. The number of benzene rings is 1. The SMILES string of the molecule is CC(C)(C)c1ccc(SCC(=O)NC2CCC(N)CC2)cc1. The minimum absolute atomic E-state index is 0.130. The summed E-state index contributed by atoms with van der Waals surface area (Å²) in [5.74, 6) is 0.614. The highest BCUT2D eigenvalue weighted by Crippen LogP contribution is 2.25. The maximum atomic E-state index is 12.0. The van der Waals surface area contributed by atoms with E-state index in [9.17, 15) is 4.79 Å². The molecule has 0 spiro atoms. The van der Waals surface area contributed by atoms with E-state index in [0.29, 0.717) is 17.8 Å². The van der Waals surface area contributed by atoms with Crippen LogP contribution in [-0.4, -0.2) is 23.7 Å². The van der Waals surface area contributed by atoms with Gasteiger partial charge in [0, 0.05) is 17.0 Å². The Bertz CT molecular complexity index is 485. The summed E-state index contributed by atoms with van der Waals surface area (Å²) in [4.78, 5) is 13.2. The number of thioether (sulfide) groups is 1. The highest BCUT2D eigenvalue weighted by atomic mass is 32.2. The van der Waals surface area contributed by atoms with E-state index < -0.39 is 0 Å². The molecule has 1 aliphatic rings. The van der Waals surface area contributed by atoms with Crippen molar-refractivity contribution < 1.29 is 4.79 Å². The lowest BCUT2D eigenvalue weighted by Gasteiger charge is -2.26. The van der Waals surface area contributed by atoms with Gasteiger partial charge in [0.05, 0.1) is 5.75 Å². The summed E-state index contributed by atoms with van der Waals surface area (Å²) < 4.78 is 0. The smallest absolute Gasteiger partial charge is 0.230 e. The summed E-state index contributed by atoms with van der Waals surface area (Å²) in [6.07, 6.45) is 4.06. The van der Waals surface area contributed by atoms with Crippen molar-refractivity contribution in [2.75, 3.05) is 5.75 Å². The van der Waals surface area contributed by atoms with Crippen LogP contribution in [0.25, 0.3) is 0 Å². The summed E-state index contributed by atoms with van der Waals surface area (Å²) in [5.41, 5.74) is 7.38. The molecule has 1 aromatic rings. The van der Waals surface area contributed by atoms with Crippen LogP contribution in [-0.2, 0) is 10.2 Å². The Kier molecular flexibility index (Phi) is 5.93. The highest BCUT2D eigenvalue weighted by molar-refractivity contribution is 8.00. The van der Waals surface area contributed by atoms with E-state index in [1.54, 1.807) is 11.8 Å². The number of hydrogen-bond donors (Lipinski definition) is 2. The second kappa shape index (κ2) is 7.51. The number of carbonyl (C=O) groups is 1. The maximum Gasteiger partial charge on any atom is 0.230 e. The average Bonchev–Trinajstić information content (AvgIpc) is 2.47. The first-order chi connectivity index (χ1) is 10.3. The Morgan fingerprint density at radius 1 is 1.18 bits per heavy atom. The van der Waals surface area contributed by atoms with Gasteiger partial charge in [-0.1, -0.05) is 32.9 Å². The van der Waals surface area contributed by atoms with Crippen molar-refractivity contribution in [3.8, 4) is 0 Å². The van der Waals surface area contributed by atoms with Gasteiger partial charge in [-0.15, -0.1) is 11.8 Å². The second-order valence-electron chi connectivity index (χ2n) is 7.24. The van der Waals surface area contributed by atoms with E-state index in [1.807, 2.05) is 0 Å². The Balaban J connectivity index is 1.76. The topological polar surface area (TPSA) is 55.1 Å².